The SMILES string of the molecule is CCCCCCCC[n+]1ccc(C)cc1CC(=O)[O-]. The fourth-order valence-electron chi connectivity index (χ4n) is 2.28. The van der Waals surface area contributed by atoms with Crippen LogP contribution in [0.2, 0.25) is 0 Å². The molecule has 0 N–H and O–H groups in total. The minimum Gasteiger partial charge on any atom is -0.550 e. The summed E-state index contributed by atoms with van der Waals surface area (Å²) in [5.41, 5.74) is 1.93. The highest BCUT2D eigenvalue weighted by atomic mass is 16.4. The Hall–Kier alpha value is -1.38. The van der Waals surface area contributed by atoms with Crippen LogP contribution in [-0.2, 0) is 17.8 Å². The third kappa shape index (κ3) is 6.37. The topological polar surface area (TPSA) is 44.0 Å². The molecule has 0 amide bonds. The normalized spacial score (nSPS) is 10.6. The highest BCUT2D eigenvalue weighted by molar-refractivity contribution is 5.66. The number of aryl methyl sites for hydroxylation is 2. The summed E-state index contributed by atoms with van der Waals surface area (Å²) in [4.78, 5) is 10.8. The Morgan fingerprint density at radius 3 is 2.58 bits per heavy atom. The summed E-state index contributed by atoms with van der Waals surface area (Å²) in [5.74, 6) is -1.01. The largest absolute Gasteiger partial charge is 0.550 e. The van der Waals surface area contributed by atoms with Gasteiger partial charge in [0.1, 0.15) is 6.54 Å². The van der Waals surface area contributed by atoms with Crippen LogP contribution in [0.3, 0.4) is 0 Å². The number of hydrogen-bond acceptors (Lipinski definition) is 2. The van der Waals surface area contributed by atoms with Gasteiger partial charge in [0.15, 0.2) is 11.9 Å². The van der Waals surface area contributed by atoms with E-state index in [9.17, 15) is 9.90 Å². The Morgan fingerprint density at radius 1 is 1.21 bits per heavy atom. The first-order valence-electron chi connectivity index (χ1n) is 7.32. The fourth-order valence-corrected chi connectivity index (χ4v) is 2.28. The van der Waals surface area contributed by atoms with E-state index in [1.165, 1.54) is 32.1 Å². The number of rotatable bonds is 9. The molecule has 106 valence electrons. The van der Waals surface area contributed by atoms with Crippen LogP contribution in [-0.4, -0.2) is 5.97 Å². The van der Waals surface area contributed by atoms with E-state index in [0.29, 0.717) is 0 Å². The summed E-state index contributed by atoms with van der Waals surface area (Å²) in [5, 5.41) is 10.8. The maximum absolute atomic E-state index is 10.8. The molecule has 3 nitrogen and oxygen atoms in total. The molecule has 0 bridgehead atoms. The van der Waals surface area contributed by atoms with Crippen LogP contribution in [0, 0.1) is 6.92 Å². The Balaban J connectivity index is 2.45. The second-order valence-corrected chi connectivity index (χ2v) is 5.21. The maximum atomic E-state index is 10.8. The van der Waals surface area contributed by atoms with Crippen molar-refractivity contribution in [2.45, 2.75) is 65.3 Å². The first kappa shape index (κ1) is 15.7. The molecule has 0 saturated heterocycles. The van der Waals surface area contributed by atoms with Gasteiger partial charge < -0.3 is 9.90 Å². The fraction of sp³-hybridized carbons (Fsp3) is 0.625. The number of aromatic nitrogens is 1. The molecule has 1 heterocycles. The summed E-state index contributed by atoms with van der Waals surface area (Å²) in [6, 6.07) is 3.96. The summed E-state index contributed by atoms with van der Waals surface area (Å²) < 4.78 is 2.04. The summed E-state index contributed by atoms with van der Waals surface area (Å²) in [6.45, 7) is 5.09. The van der Waals surface area contributed by atoms with Gasteiger partial charge in [0.05, 0.1) is 12.4 Å². The number of pyridine rings is 1. The van der Waals surface area contributed by atoms with Gasteiger partial charge in [0.25, 0.3) is 0 Å². The molecular formula is C16H25NO2. The lowest BCUT2D eigenvalue weighted by Gasteiger charge is -2.06. The molecule has 0 fully saturated rings. The molecule has 0 aromatic carbocycles. The summed E-state index contributed by atoms with van der Waals surface area (Å²) in [7, 11) is 0. The number of unbranched alkanes of at least 4 members (excludes halogenated alkanes) is 5. The Labute approximate surface area is 116 Å². The molecule has 19 heavy (non-hydrogen) atoms. The molecule has 0 radical (unpaired) electrons. The Morgan fingerprint density at radius 2 is 1.89 bits per heavy atom. The number of carbonyl (C=O) groups excluding carboxylic acids is 1. The van der Waals surface area contributed by atoms with Gasteiger partial charge in [-0.3, -0.25) is 0 Å². The molecule has 0 aliphatic heterocycles. The lowest BCUT2D eigenvalue weighted by Crippen LogP contribution is -2.41. The quantitative estimate of drug-likeness (QED) is 0.505. The molecular weight excluding hydrogens is 238 g/mol. The molecule has 0 unspecified atom stereocenters. The van der Waals surface area contributed by atoms with Crippen molar-refractivity contribution in [2.24, 2.45) is 0 Å². The average molecular weight is 263 g/mol. The number of carbonyl (C=O) groups is 1. The van der Waals surface area contributed by atoms with E-state index in [1.54, 1.807) is 0 Å². The molecule has 0 aliphatic carbocycles. The molecule has 1 aromatic rings. The number of carboxylic acids is 1. The van der Waals surface area contributed by atoms with E-state index in [0.717, 1.165) is 24.2 Å². The number of hydrogen-bond donors (Lipinski definition) is 0. The standard InChI is InChI=1S/C16H25NO2/c1-3-4-5-6-7-8-10-17-11-9-14(2)12-15(17)13-16(18)19/h9,11-12H,3-8,10,13H2,1-2H3. The second-order valence-electron chi connectivity index (χ2n) is 5.21. The first-order chi connectivity index (χ1) is 9.13. The van der Waals surface area contributed by atoms with Gasteiger partial charge in [-0.1, -0.05) is 32.6 Å². The predicted molar refractivity (Wildman–Crippen MR) is 73.5 cm³/mol. The molecule has 0 spiro atoms. The number of aliphatic carboxylic acids is 1. The lowest BCUT2D eigenvalue weighted by molar-refractivity contribution is -0.704. The van der Waals surface area contributed by atoms with Crippen LogP contribution in [0.4, 0.5) is 0 Å². The van der Waals surface area contributed by atoms with Crippen molar-refractivity contribution >= 4 is 5.97 Å². The van der Waals surface area contributed by atoms with E-state index in [-0.39, 0.29) is 6.42 Å². The Bertz CT molecular complexity index is 402. The van der Waals surface area contributed by atoms with Crippen molar-refractivity contribution in [2.75, 3.05) is 0 Å². The van der Waals surface area contributed by atoms with Gasteiger partial charge in [-0.25, -0.2) is 4.57 Å². The van der Waals surface area contributed by atoms with Crippen molar-refractivity contribution in [1.82, 2.24) is 0 Å². The van der Waals surface area contributed by atoms with Crippen LogP contribution in [0.5, 0.6) is 0 Å². The zero-order valence-corrected chi connectivity index (χ0v) is 12.2. The van der Waals surface area contributed by atoms with E-state index in [1.807, 2.05) is 29.8 Å². The van der Waals surface area contributed by atoms with E-state index in [2.05, 4.69) is 6.92 Å². The van der Waals surface area contributed by atoms with E-state index >= 15 is 0 Å². The number of carboxylic acid groups (broad SMARTS) is 1. The van der Waals surface area contributed by atoms with Gasteiger partial charge in [-0.2, -0.15) is 0 Å². The van der Waals surface area contributed by atoms with Crippen molar-refractivity contribution in [3.63, 3.8) is 0 Å². The minimum absolute atomic E-state index is 0.00247. The van der Waals surface area contributed by atoms with Crippen LogP contribution in [0.15, 0.2) is 18.3 Å². The van der Waals surface area contributed by atoms with Crippen molar-refractivity contribution in [1.29, 1.82) is 0 Å². The third-order valence-corrected chi connectivity index (χ3v) is 3.36. The minimum atomic E-state index is -1.01. The van der Waals surface area contributed by atoms with Crippen LogP contribution in [0.25, 0.3) is 0 Å². The van der Waals surface area contributed by atoms with Gasteiger partial charge in [-0.15, -0.1) is 0 Å². The number of nitrogens with zero attached hydrogens (tertiary/aromatic N) is 1. The van der Waals surface area contributed by atoms with Crippen molar-refractivity contribution < 1.29 is 14.5 Å². The molecule has 3 heteroatoms. The monoisotopic (exact) mass is 263 g/mol. The van der Waals surface area contributed by atoms with Gasteiger partial charge in [0.2, 0.25) is 0 Å². The molecule has 1 rings (SSSR count). The van der Waals surface area contributed by atoms with Crippen molar-refractivity contribution in [3.8, 4) is 0 Å². The Kier molecular flexibility index (Phi) is 7.16. The van der Waals surface area contributed by atoms with E-state index < -0.39 is 5.97 Å². The maximum Gasteiger partial charge on any atom is 0.187 e. The average Bonchev–Trinajstić information content (AvgIpc) is 2.35. The second kappa shape index (κ2) is 8.68. The molecule has 0 atom stereocenters. The zero-order chi connectivity index (χ0) is 14.1. The summed E-state index contributed by atoms with van der Waals surface area (Å²) in [6.07, 6.45) is 9.47. The van der Waals surface area contributed by atoms with Crippen LogP contribution >= 0.6 is 0 Å². The molecule has 0 saturated carbocycles. The highest BCUT2D eigenvalue weighted by Gasteiger charge is 2.10. The van der Waals surface area contributed by atoms with Gasteiger partial charge in [-0.05, 0) is 18.9 Å². The molecule has 0 aliphatic rings. The van der Waals surface area contributed by atoms with E-state index in [4.69, 9.17) is 0 Å². The lowest BCUT2D eigenvalue weighted by atomic mass is 10.1. The summed E-state index contributed by atoms with van der Waals surface area (Å²) >= 11 is 0. The van der Waals surface area contributed by atoms with Gasteiger partial charge >= 0.3 is 0 Å². The first-order valence-corrected chi connectivity index (χ1v) is 7.32. The molecule has 1 aromatic heterocycles. The zero-order valence-electron chi connectivity index (χ0n) is 12.2. The van der Waals surface area contributed by atoms with Crippen LogP contribution < -0.4 is 9.67 Å². The third-order valence-electron chi connectivity index (χ3n) is 3.36. The highest BCUT2D eigenvalue weighted by Crippen LogP contribution is 2.06. The van der Waals surface area contributed by atoms with Crippen molar-refractivity contribution in [3.05, 3.63) is 29.6 Å². The predicted octanol–water partition coefficient (Wildman–Crippen LogP) is 1.94. The van der Waals surface area contributed by atoms with Crippen LogP contribution in [0.1, 0.15) is 56.7 Å². The smallest absolute Gasteiger partial charge is 0.187 e. The van der Waals surface area contributed by atoms with Gasteiger partial charge in [0, 0.05) is 18.6 Å².